The fourth-order valence-corrected chi connectivity index (χ4v) is 1.02. The first kappa shape index (κ1) is 10.5. The van der Waals surface area contributed by atoms with Gasteiger partial charge in [-0.3, -0.25) is 4.79 Å². The van der Waals surface area contributed by atoms with Crippen molar-refractivity contribution in [3.05, 3.63) is 24.3 Å². The van der Waals surface area contributed by atoms with Gasteiger partial charge >= 0.3 is 0 Å². The molecule has 1 atom stereocenters. The minimum atomic E-state index is -0.832. The van der Waals surface area contributed by atoms with E-state index >= 15 is 0 Å². The van der Waals surface area contributed by atoms with Crippen LogP contribution >= 0.6 is 0 Å². The highest BCUT2D eigenvalue weighted by Gasteiger charge is 1.99. The molecule has 1 aromatic rings. The van der Waals surface area contributed by atoms with E-state index in [1.165, 1.54) is 13.8 Å². The van der Waals surface area contributed by atoms with Gasteiger partial charge in [0.15, 0.2) is 6.29 Å². The lowest BCUT2D eigenvalue weighted by Crippen LogP contribution is -2.09. The van der Waals surface area contributed by atoms with E-state index in [1.807, 2.05) is 0 Å². The number of anilines is 1. The summed E-state index contributed by atoms with van der Waals surface area (Å²) in [6.07, 6.45) is -0.832. The van der Waals surface area contributed by atoms with Crippen molar-refractivity contribution in [3.63, 3.8) is 0 Å². The van der Waals surface area contributed by atoms with Gasteiger partial charge in [0.2, 0.25) is 5.91 Å². The molecule has 14 heavy (non-hydrogen) atoms. The van der Waals surface area contributed by atoms with Crippen molar-refractivity contribution >= 4 is 11.6 Å². The Labute approximate surface area is 82.5 Å². The standard InChI is InChI=1S/C10H13NO3/c1-7(12)11-9-3-5-10(6-4-9)14-8(2)13/h3-6,8,13H,1-2H3,(H,11,12)/t8-/m1/s1. The second-order valence-corrected chi connectivity index (χ2v) is 2.92. The molecule has 0 aromatic heterocycles. The van der Waals surface area contributed by atoms with Crippen molar-refractivity contribution in [1.29, 1.82) is 0 Å². The Morgan fingerprint density at radius 1 is 1.43 bits per heavy atom. The maximum Gasteiger partial charge on any atom is 0.221 e. The van der Waals surface area contributed by atoms with E-state index in [-0.39, 0.29) is 5.91 Å². The van der Waals surface area contributed by atoms with E-state index in [9.17, 15) is 4.79 Å². The second-order valence-electron chi connectivity index (χ2n) is 2.92. The first-order valence-corrected chi connectivity index (χ1v) is 4.30. The number of amides is 1. The van der Waals surface area contributed by atoms with E-state index in [2.05, 4.69) is 5.32 Å². The van der Waals surface area contributed by atoms with Crippen LogP contribution < -0.4 is 10.1 Å². The lowest BCUT2D eigenvalue weighted by molar-refractivity contribution is -0.114. The number of aliphatic hydroxyl groups is 1. The summed E-state index contributed by atoms with van der Waals surface area (Å²) in [4.78, 5) is 10.7. The Hall–Kier alpha value is -1.55. The summed E-state index contributed by atoms with van der Waals surface area (Å²) in [6, 6.07) is 6.77. The van der Waals surface area contributed by atoms with E-state index in [0.29, 0.717) is 11.4 Å². The van der Waals surface area contributed by atoms with Crippen LogP contribution in [0.3, 0.4) is 0 Å². The zero-order valence-electron chi connectivity index (χ0n) is 8.15. The summed E-state index contributed by atoms with van der Waals surface area (Å²) in [6.45, 7) is 2.97. The van der Waals surface area contributed by atoms with Crippen LogP contribution in [0.15, 0.2) is 24.3 Å². The van der Waals surface area contributed by atoms with Crippen LogP contribution in [0.2, 0.25) is 0 Å². The third-order valence-electron chi connectivity index (χ3n) is 1.48. The molecule has 1 aromatic carbocycles. The summed E-state index contributed by atoms with van der Waals surface area (Å²) in [5.41, 5.74) is 0.704. The van der Waals surface area contributed by atoms with E-state index < -0.39 is 6.29 Å². The molecule has 1 rings (SSSR count). The van der Waals surface area contributed by atoms with Crippen molar-refractivity contribution in [1.82, 2.24) is 0 Å². The quantitative estimate of drug-likeness (QED) is 0.716. The maximum absolute atomic E-state index is 10.7. The van der Waals surface area contributed by atoms with Crippen LogP contribution in [0.1, 0.15) is 13.8 Å². The van der Waals surface area contributed by atoms with Crippen LogP contribution in [-0.2, 0) is 4.79 Å². The number of hydrogen-bond donors (Lipinski definition) is 2. The Morgan fingerprint density at radius 2 is 2.00 bits per heavy atom. The number of rotatable bonds is 3. The molecule has 0 fully saturated rings. The maximum atomic E-state index is 10.7. The van der Waals surface area contributed by atoms with Gasteiger partial charge in [-0.25, -0.2) is 0 Å². The first-order chi connectivity index (χ1) is 6.58. The highest BCUT2D eigenvalue weighted by Crippen LogP contribution is 2.16. The van der Waals surface area contributed by atoms with Crippen molar-refractivity contribution in [3.8, 4) is 5.75 Å². The Balaban J connectivity index is 2.63. The monoisotopic (exact) mass is 195 g/mol. The molecule has 0 radical (unpaired) electrons. The van der Waals surface area contributed by atoms with Crippen molar-refractivity contribution < 1.29 is 14.6 Å². The number of hydrogen-bond acceptors (Lipinski definition) is 3. The Kier molecular flexibility index (Phi) is 3.48. The molecule has 0 aliphatic rings. The van der Waals surface area contributed by atoms with Gasteiger partial charge in [0.05, 0.1) is 0 Å². The van der Waals surface area contributed by atoms with Crippen molar-refractivity contribution in [2.45, 2.75) is 20.1 Å². The van der Waals surface area contributed by atoms with Crippen molar-refractivity contribution in [2.75, 3.05) is 5.32 Å². The molecule has 2 N–H and O–H groups in total. The summed E-state index contributed by atoms with van der Waals surface area (Å²) >= 11 is 0. The molecule has 0 saturated carbocycles. The van der Waals surface area contributed by atoms with Crippen LogP contribution in [0.4, 0.5) is 5.69 Å². The minimum absolute atomic E-state index is 0.116. The van der Waals surface area contributed by atoms with Crippen molar-refractivity contribution in [2.24, 2.45) is 0 Å². The number of benzene rings is 1. The fraction of sp³-hybridized carbons (Fsp3) is 0.300. The van der Waals surface area contributed by atoms with Gasteiger partial charge in [-0.15, -0.1) is 0 Å². The average Bonchev–Trinajstić information content (AvgIpc) is 2.06. The van der Waals surface area contributed by atoms with Gasteiger partial charge < -0.3 is 15.2 Å². The van der Waals surface area contributed by atoms with E-state index in [1.54, 1.807) is 24.3 Å². The molecule has 4 heteroatoms. The van der Waals surface area contributed by atoms with Crippen LogP contribution in [0.25, 0.3) is 0 Å². The zero-order valence-corrected chi connectivity index (χ0v) is 8.15. The molecule has 4 nitrogen and oxygen atoms in total. The molecule has 1 amide bonds. The number of carbonyl (C=O) groups is 1. The summed E-state index contributed by atoms with van der Waals surface area (Å²) in [5.74, 6) is 0.447. The highest BCUT2D eigenvalue weighted by atomic mass is 16.6. The molecular formula is C10H13NO3. The molecule has 0 bridgehead atoms. The minimum Gasteiger partial charge on any atom is -0.465 e. The first-order valence-electron chi connectivity index (χ1n) is 4.30. The van der Waals surface area contributed by atoms with Gasteiger partial charge in [0, 0.05) is 12.6 Å². The molecule has 0 aliphatic carbocycles. The third kappa shape index (κ3) is 3.45. The number of ether oxygens (including phenoxy) is 1. The van der Waals surface area contributed by atoms with Gasteiger partial charge in [-0.2, -0.15) is 0 Å². The van der Waals surface area contributed by atoms with Gasteiger partial charge in [0.25, 0.3) is 0 Å². The van der Waals surface area contributed by atoms with Gasteiger partial charge in [-0.05, 0) is 31.2 Å². The van der Waals surface area contributed by atoms with E-state index in [4.69, 9.17) is 9.84 Å². The predicted octanol–water partition coefficient (Wildman–Crippen LogP) is 1.36. The highest BCUT2D eigenvalue weighted by molar-refractivity contribution is 5.88. The smallest absolute Gasteiger partial charge is 0.221 e. The summed E-state index contributed by atoms with van der Waals surface area (Å²) < 4.78 is 5.02. The van der Waals surface area contributed by atoms with Crippen LogP contribution in [-0.4, -0.2) is 17.3 Å². The Bertz CT molecular complexity index is 306. The lowest BCUT2D eigenvalue weighted by Gasteiger charge is -2.09. The topological polar surface area (TPSA) is 58.6 Å². The third-order valence-corrected chi connectivity index (χ3v) is 1.48. The van der Waals surface area contributed by atoms with Gasteiger partial charge in [-0.1, -0.05) is 0 Å². The molecule has 0 spiro atoms. The second kappa shape index (κ2) is 4.62. The SMILES string of the molecule is CC(=O)Nc1ccc(O[C@H](C)O)cc1. The lowest BCUT2D eigenvalue weighted by atomic mass is 10.3. The average molecular weight is 195 g/mol. The fourth-order valence-electron chi connectivity index (χ4n) is 1.02. The molecule has 0 aliphatic heterocycles. The molecule has 76 valence electrons. The Morgan fingerprint density at radius 3 is 2.43 bits per heavy atom. The molecule has 0 saturated heterocycles. The summed E-state index contributed by atoms with van der Waals surface area (Å²) in [7, 11) is 0. The van der Waals surface area contributed by atoms with Gasteiger partial charge in [0.1, 0.15) is 5.75 Å². The number of nitrogens with one attached hydrogen (secondary N) is 1. The molecule has 0 unspecified atom stereocenters. The number of aliphatic hydroxyl groups excluding tert-OH is 1. The van der Waals surface area contributed by atoms with E-state index in [0.717, 1.165) is 0 Å². The molecule has 0 heterocycles. The van der Waals surface area contributed by atoms with Crippen LogP contribution in [0, 0.1) is 0 Å². The molecular weight excluding hydrogens is 182 g/mol. The largest absolute Gasteiger partial charge is 0.465 e. The predicted molar refractivity (Wildman–Crippen MR) is 53.1 cm³/mol. The zero-order chi connectivity index (χ0) is 10.6. The number of carbonyl (C=O) groups excluding carboxylic acids is 1. The summed E-state index contributed by atoms with van der Waals surface area (Å²) in [5, 5.41) is 11.6. The normalized spacial score (nSPS) is 11.9. The van der Waals surface area contributed by atoms with Crippen LogP contribution in [0.5, 0.6) is 5.75 Å².